The summed E-state index contributed by atoms with van der Waals surface area (Å²) in [6, 6.07) is 0.417. The maximum atomic E-state index is 5.68. The van der Waals surface area contributed by atoms with Crippen LogP contribution < -0.4 is 11.1 Å². The standard InChI is InChI=1S/C10H23N3/c1-5-6-12-10(11)13-9(4)7-8(2)3/h8-9H,5-7H2,1-4H3,(H3,11,12,13). The molecule has 0 radical (unpaired) electrons. The van der Waals surface area contributed by atoms with Crippen LogP contribution in [0.25, 0.3) is 0 Å². The summed E-state index contributed by atoms with van der Waals surface area (Å²) in [7, 11) is 0. The molecule has 0 rings (SSSR count). The second-order valence-corrected chi connectivity index (χ2v) is 3.94. The number of aliphatic imine (C=N–C) groups is 1. The van der Waals surface area contributed by atoms with Crippen LogP contribution in [-0.4, -0.2) is 18.5 Å². The van der Waals surface area contributed by atoms with Crippen LogP contribution >= 0.6 is 0 Å². The molecule has 3 nitrogen and oxygen atoms in total. The molecular formula is C10H23N3. The molecule has 0 bridgehead atoms. The highest BCUT2D eigenvalue weighted by Crippen LogP contribution is 2.02. The van der Waals surface area contributed by atoms with Crippen molar-refractivity contribution in [1.29, 1.82) is 0 Å². The molecule has 1 atom stereocenters. The number of hydrogen-bond acceptors (Lipinski definition) is 1. The molecule has 0 fully saturated rings. The highest BCUT2D eigenvalue weighted by atomic mass is 15.1. The Morgan fingerprint density at radius 2 is 2.00 bits per heavy atom. The number of nitrogens with zero attached hydrogens (tertiary/aromatic N) is 1. The summed E-state index contributed by atoms with van der Waals surface area (Å²) in [5.74, 6) is 1.27. The van der Waals surface area contributed by atoms with E-state index in [1.807, 2.05) is 0 Å². The Kier molecular flexibility index (Phi) is 6.37. The van der Waals surface area contributed by atoms with Crippen LogP contribution in [0.2, 0.25) is 0 Å². The van der Waals surface area contributed by atoms with E-state index in [2.05, 4.69) is 38.0 Å². The fraction of sp³-hybridized carbons (Fsp3) is 0.900. The summed E-state index contributed by atoms with van der Waals surface area (Å²) >= 11 is 0. The van der Waals surface area contributed by atoms with Crippen LogP contribution in [0, 0.1) is 5.92 Å². The van der Waals surface area contributed by atoms with Crippen molar-refractivity contribution in [2.45, 2.75) is 46.6 Å². The third-order valence-electron chi connectivity index (χ3n) is 1.72. The molecule has 0 saturated carbocycles. The summed E-state index contributed by atoms with van der Waals surface area (Å²) in [5, 5.41) is 3.17. The van der Waals surface area contributed by atoms with Gasteiger partial charge in [0.25, 0.3) is 0 Å². The lowest BCUT2D eigenvalue weighted by molar-refractivity contribution is 0.489. The molecule has 3 N–H and O–H groups in total. The molecule has 3 heteroatoms. The first-order valence-electron chi connectivity index (χ1n) is 5.12. The van der Waals surface area contributed by atoms with Gasteiger partial charge >= 0.3 is 0 Å². The maximum Gasteiger partial charge on any atom is 0.188 e. The molecule has 1 unspecified atom stereocenters. The van der Waals surface area contributed by atoms with E-state index in [9.17, 15) is 0 Å². The number of nitrogens with two attached hydrogens (primary N) is 1. The van der Waals surface area contributed by atoms with Gasteiger partial charge in [-0.3, -0.25) is 4.99 Å². The molecule has 78 valence electrons. The smallest absolute Gasteiger partial charge is 0.188 e. The van der Waals surface area contributed by atoms with E-state index in [0.29, 0.717) is 17.9 Å². The van der Waals surface area contributed by atoms with Crippen molar-refractivity contribution in [3.05, 3.63) is 0 Å². The summed E-state index contributed by atoms with van der Waals surface area (Å²) in [4.78, 5) is 4.17. The largest absolute Gasteiger partial charge is 0.370 e. The lowest BCUT2D eigenvalue weighted by Gasteiger charge is -2.16. The van der Waals surface area contributed by atoms with E-state index in [1.165, 1.54) is 0 Å². The second kappa shape index (κ2) is 6.75. The monoisotopic (exact) mass is 185 g/mol. The average molecular weight is 185 g/mol. The van der Waals surface area contributed by atoms with Gasteiger partial charge in [0, 0.05) is 12.6 Å². The van der Waals surface area contributed by atoms with Gasteiger partial charge < -0.3 is 11.1 Å². The average Bonchev–Trinajstić information content (AvgIpc) is 1.98. The second-order valence-electron chi connectivity index (χ2n) is 3.94. The van der Waals surface area contributed by atoms with Crippen molar-refractivity contribution in [2.75, 3.05) is 6.54 Å². The van der Waals surface area contributed by atoms with Gasteiger partial charge in [0.1, 0.15) is 0 Å². The molecule has 0 aliphatic rings. The van der Waals surface area contributed by atoms with Crippen LogP contribution in [0.4, 0.5) is 0 Å². The first kappa shape index (κ1) is 12.3. The van der Waals surface area contributed by atoms with E-state index in [-0.39, 0.29) is 0 Å². The predicted molar refractivity (Wildman–Crippen MR) is 58.8 cm³/mol. The fourth-order valence-corrected chi connectivity index (χ4v) is 1.30. The van der Waals surface area contributed by atoms with Crippen LogP contribution in [0.3, 0.4) is 0 Å². The predicted octanol–water partition coefficient (Wildman–Crippen LogP) is 1.74. The zero-order valence-corrected chi connectivity index (χ0v) is 9.30. The SMILES string of the molecule is CCCN=C(N)NC(C)CC(C)C. The molecule has 0 heterocycles. The molecule has 13 heavy (non-hydrogen) atoms. The Morgan fingerprint density at radius 1 is 1.38 bits per heavy atom. The first-order chi connectivity index (χ1) is 6.06. The quantitative estimate of drug-likeness (QED) is 0.506. The van der Waals surface area contributed by atoms with Gasteiger partial charge in [0.2, 0.25) is 0 Å². The number of guanidine groups is 1. The van der Waals surface area contributed by atoms with Crippen molar-refractivity contribution < 1.29 is 0 Å². The van der Waals surface area contributed by atoms with Gasteiger partial charge in [-0.2, -0.15) is 0 Å². The van der Waals surface area contributed by atoms with Crippen molar-refractivity contribution in [3.63, 3.8) is 0 Å². The fourth-order valence-electron chi connectivity index (χ4n) is 1.30. The topological polar surface area (TPSA) is 50.4 Å². The molecule has 0 aliphatic carbocycles. The number of rotatable bonds is 5. The Balaban J connectivity index is 3.70. The third-order valence-corrected chi connectivity index (χ3v) is 1.72. The van der Waals surface area contributed by atoms with E-state index < -0.39 is 0 Å². The molecule has 0 spiro atoms. The minimum absolute atomic E-state index is 0.417. The van der Waals surface area contributed by atoms with E-state index >= 15 is 0 Å². The highest BCUT2D eigenvalue weighted by Gasteiger charge is 2.04. The summed E-state index contributed by atoms with van der Waals surface area (Å²) in [6.07, 6.45) is 2.17. The van der Waals surface area contributed by atoms with Gasteiger partial charge in [0.15, 0.2) is 5.96 Å². The van der Waals surface area contributed by atoms with Crippen LogP contribution in [-0.2, 0) is 0 Å². The minimum atomic E-state index is 0.417. The Bertz CT molecular complexity index is 152. The van der Waals surface area contributed by atoms with Gasteiger partial charge in [0.05, 0.1) is 0 Å². The molecule has 0 aromatic heterocycles. The van der Waals surface area contributed by atoms with Gasteiger partial charge in [-0.25, -0.2) is 0 Å². The molecular weight excluding hydrogens is 162 g/mol. The lowest BCUT2D eigenvalue weighted by Crippen LogP contribution is -2.39. The molecule has 0 aromatic rings. The van der Waals surface area contributed by atoms with Crippen LogP contribution in [0.5, 0.6) is 0 Å². The van der Waals surface area contributed by atoms with Gasteiger partial charge in [-0.1, -0.05) is 20.8 Å². The van der Waals surface area contributed by atoms with Crippen LogP contribution in [0.1, 0.15) is 40.5 Å². The Hall–Kier alpha value is -0.730. The Labute approximate surface area is 81.8 Å². The molecule has 0 saturated heterocycles. The summed E-state index contributed by atoms with van der Waals surface area (Å²) < 4.78 is 0. The zero-order chi connectivity index (χ0) is 10.3. The lowest BCUT2D eigenvalue weighted by atomic mass is 10.1. The maximum absolute atomic E-state index is 5.68. The summed E-state index contributed by atoms with van der Waals surface area (Å²) in [5.41, 5.74) is 5.68. The first-order valence-corrected chi connectivity index (χ1v) is 5.12. The summed E-state index contributed by atoms with van der Waals surface area (Å²) in [6.45, 7) is 9.45. The van der Waals surface area contributed by atoms with E-state index in [1.54, 1.807) is 0 Å². The minimum Gasteiger partial charge on any atom is -0.370 e. The van der Waals surface area contributed by atoms with E-state index in [0.717, 1.165) is 19.4 Å². The van der Waals surface area contributed by atoms with Gasteiger partial charge in [-0.15, -0.1) is 0 Å². The van der Waals surface area contributed by atoms with Crippen LogP contribution in [0.15, 0.2) is 4.99 Å². The normalized spacial score (nSPS) is 14.7. The van der Waals surface area contributed by atoms with Crippen molar-refractivity contribution in [1.82, 2.24) is 5.32 Å². The van der Waals surface area contributed by atoms with Crippen molar-refractivity contribution >= 4 is 5.96 Å². The highest BCUT2D eigenvalue weighted by molar-refractivity contribution is 5.78. The molecule has 0 amide bonds. The number of nitrogens with one attached hydrogen (secondary N) is 1. The molecule has 0 aromatic carbocycles. The Morgan fingerprint density at radius 3 is 2.46 bits per heavy atom. The van der Waals surface area contributed by atoms with E-state index in [4.69, 9.17) is 5.73 Å². The molecule has 0 aliphatic heterocycles. The number of hydrogen-bond donors (Lipinski definition) is 2. The third kappa shape index (κ3) is 7.62. The van der Waals surface area contributed by atoms with Crippen molar-refractivity contribution in [3.8, 4) is 0 Å². The van der Waals surface area contributed by atoms with Crippen molar-refractivity contribution in [2.24, 2.45) is 16.6 Å². The van der Waals surface area contributed by atoms with Gasteiger partial charge in [-0.05, 0) is 25.7 Å². The zero-order valence-electron chi connectivity index (χ0n) is 9.30.